The van der Waals surface area contributed by atoms with Gasteiger partial charge in [0.1, 0.15) is 5.54 Å². The van der Waals surface area contributed by atoms with Gasteiger partial charge in [0.15, 0.2) is 0 Å². The number of likely N-dealkylation sites (N-methyl/N-ethyl adjacent to an activating group) is 1. The Labute approximate surface area is 121 Å². The predicted octanol–water partition coefficient (Wildman–Crippen LogP) is 1.34. The maximum atomic E-state index is 12.1. The Kier molecular flexibility index (Phi) is 7.93. The molecule has 114 valence electrons. The number of amides is 1. The van der Waals surface area contributed by atoms with Crippen molar-refractivity contribution in [3.05, 3.63) is 0 Å². The van der Waals surface area contributed by atoms with E-state index >= 15 is 0 Å². The van der Waals surface area contributed by atoms with Crippen molar-refractivity contribution in [2.45, 2.75) is 46.1 Å². The Morgan fingerprint density at radius 3 is 2.25 bits per heavy atom. The fourth-order valence-electron chi connectivity index (χ4n) is 1.95. The minimum Gasteiger partial charge on any atom is -0.481 e. The highest BCUT2D eigenvalue weighted by atomic mass is 16.4. The summed E-state index contributed by atoms with van der Waals surface area (Å²) >= 11 is 0. The fraction of sp³-hybridized carbons (Fsp3) is 0.733. The van der Waals surface area contributed by atoms with E-state index in [1.807, 2.05) is 20.8 Å². The summed E-state index contributed by atoms with van der Waals surface area (Å²) in [6.45, 7) is 8.54. The lowest BCUT2D eigenvalue weighted by Gasteiger charge is -2.29. The zero-order valence-corrected chi connectivity index (χ0v) is 12.9. The Morgan fingerprint density at radius 1 is 1.35 bits per heavy atom. The van der Waals surface area contributed by atoms with E-state index in [4.69, 9.17) is 11.5 Å². The number of rotatable bonds is 9. The molecule has 0 saturated heterocycles. The third kappa shape index (κ3) is 5.62. The summed E-state index contributed by atoms with van der Waals surface area (Å²) in [5, 5.41) is 11.8. The number of aliphatic carboxylic acids is 1. The monoisotopic (exact) mass is 282 g/mol. The van der Waals surface area contributed by atoms with Crippen LogP contribution in [0.4, 0.5) is 0 Å². The molecular weight excluding hydrogens is 256 g/mol. The maximum absolute atomic E-state index is 12.1. The van der Waals surface area contributed by atoms with Crippen LogP contribution in [-0.2, 0) is 9.59 Å². The van der Waals surface area contributed by atoms with Gasteiger partial charge in [-0.3, -0.25) is 14.5 Å². The van der Waals surface area contributed by atoms with E-state index < -0.39 is 17.4 Å². The third-order valence-corrected chi connectivity index (χ3v) is 3.63. The first-order valence-electron chi connectivity index (χ1n) is 7.08. The molecule has 0 aromatic carbocycles. The molecule has 0 rings (SSSR count). The van der Waals surface area contributed by atoms with Crippen molar-refractivity contribution in [3.8, 4) is 12.3 Å². The van der Waals surface area contributed by atoms with Crippen molar-refractivity contribution in [2.75, 3.05) is 19.6 Å². The first-order valence-corrected chi connectivity index (χ1v) is 7.08. The van der Waals surface area contributed by atoms with Gasteiger partial charge in [0.05, 0.1) is 12.5 Å². The first kappa shape index (κ1) is 18.5. The molecule has 20 heavy (non-hydrogen) atoms. The summed E-state index contributed by atoms with van der Waals surface area (Å²) in [6.07, 6.45) is 6.84. The Morgan fingerprint density at radius 2 is 1.90 bits per heavy atom. The van der Waals surface area contributed by atoms with E-state index in [1.165, 1.54) is 0 Å². The van der Waals surface area contributed by atoms with E-state index in [2.05, 4.69) is 11.2 Å². The number of nitrogens with zero attached hydrogens (tertiary/aromatic N) is 1. The molecule has 0 spiro atoms. The van der Waals surface area contributed by atoms with Gasteiger partial charge < -0.3 is 10.4 Å². The Bertz CT molecular complexity index is 370. The largest absolute Gasteiger partial charge is 0.481 e. The van der Waals surface area contributed by atoms with Crippen molar-refractivity contribution in [1.82, 2.24) is 10.2 Å². The normalized spacial score (nSPS) is 12.8. The number of carboxylic acid groups (broad SMARTS) is 1. The molecule has 1 unspecified atom stereocenters. The quantitative estimate of drug-likeness (QED) is 0.626. The van der Waals surface area contributed by atoms with Crippen molar-refractivity contribution in [1.29, 1.82) is 0 Å². The van der Waals surface area contributed by atoms with E-state index in [0.29, 0.717) is 25.9 Å². The summed E-state index contributed by atoms with van der Waals surface area (Å²) in [5.74, 6) is 1.13. The summed E-state index contributed by atoms with van der Waals surface area (Å²) in [6, 6.07) is 0. The highest BCUT2D eigenvalue weighted by Crippen LogP contribution is 2.13. The van der Waals surface area contributed by atoms with Crippen LogP contribution in [0.3, 0.4) is 0 Å². The van der Waals surface area contributed by atoms with E-state index in [1.54, 1.807) is 11.8 Å². The summed E-state index contributed by atoms with van der Waals surface area (Å²) in [5.41, 5.74) is -0.602. The second-order valence-corrected chi connectivity index (χ2v) is 5.05. The number of terminal acetylenes is 1. The zero-order valence-electron chi connectivity index (χ0n) is 12.9. The van der Waals surface area contributed by atoms with Crippen LogP contribution in [-0.4, -0.2) is 47.1 Å². The number of hydrogen-bond acceptors (Lipinski definition) is 3. The molecule has 0 heterocycles. The van der Waals surface area contributed by atoms with E-state index in [0.717, 1.165) is 0 Å². The van der Waals surface area contributed by atoms with Gasteiger partial charge in [-0.25, -0.2) is 0 Å². The molecule has 0 fully saturated rings. The molecule has 0 radical (unpaired) electrons. The number of nitrogens with one attached hydrogen (secondary N) is 1. The first-order chi connectivity index (χ1) is 9.33. The van der Waals surface area contributed by atoms with Crippen LogP contribution in [0.25, 0.3) is 0 Å². The van der Waals surface area contributed by atoms with Crippen molar-refractivity contribution >= 4 is 11.9 Å². The smallest absolute Gasteiger partial charge is 0.307 e. The van der Waals surface area contributed by atoms with Gasteiger partial charge in [0.25, 0.3) is 0 Å². The molecule has 1 atom stereocenters. The standard InChI is InChI=1S/C15H26N2O3/c1-6-15(7-2,8-3)16-13(18)11-17(9-4)10-12(5)14(19)20/h1,12H,7-11H2,2-5H3,(H,16,18)(H,19,20). The van der Waals surface area contributed by atoms with Crippen LogP contribution >= 0.6 is 0 Å². The summed E-state index contributed by atoms with van der Waals surface area (Å²) in [7, 11) is 0. The van der Waals surface area contributed by atoms with Gasteiger partial charge in [0, 0.05) is 6.54 Å². The van der Waals surface area contributed by atoms with Crippen LogP contribution in [0.5, 0.6) is 0 Å². The van der Waals surface area contributed by atoms with Gasteiger partial charge in [-0.2, -0.15) is 0 Å². The molecule has 0 aromatic heterocycles. The molecular formula is C15H26N2O3. The minimum atomic E-state index is -0.857. The van der Waals surface area contributed by atoms with Crippen LogP contribution in [0.2, 0.25) is 0 Å². The minimum absolute atomic E-state index is 0.161. The highest BCUT2D eigenvalue weighted by molar-refractivity contribution is 5.79. The van der Waals surface area contributed by atoms with Gasteiger partial charge in [0.2, 0.25) is 5.91 Å². The van der Waals surface area contributed by atoms with E-state index in [-0.39, 0.29) is 12.5 Å². The highest BCUT2D eigenvalue weighted by Gasteiger charge is 2.26. The third-order valence-electron chi connectivity index (χ3n) is 3.63. The molecule has 5 heteroatoms. The van der Waals surface area contributed by atoms with E-state index in [9.17, 15) is 9.59 Å². The molecule has 2 N–H and O–H groups in total. The van der Waals surface area contributed by atoms with Crippen LogP contribution in [0.15, 0.2) is 0 Å². The lowest BCUT2D eigenvalue weighted by Crippen LogP contribution is -2.50. The van der Waals surface area contributed by atoms with Gasteiger partial charge in [-0.05, 0) is 19.4 Å². The van der Waals surface area contributed by atoms with Crippen molar-refractivity contribution < 1.29 is 14.7 Å². The number of carbonyl (C=O) groups excluding carboxylic acids is 1. The molecule has 0 aliphatic heterocycles. The number of carboxylic acids is 1. The molecule has 0 aromatic rings. The molecule has 5 nitrogen and oxygen atoms in total. The Hall–Kier alpha value is -1.54. The average molecular weight is 282 g/mol. The molecule has 0 saturated carbocycles. The van der Waals surface area contributed by atoms with Gasteiger partial charge in [-0.1, -0.05) is 33.6 Å². The topological polar surface area (TPSA) is 69.6 Å². The van der Waals surface area contributed by atoms with Crippen LogP contribution < -0.4 is 5.32 Å². The van der Waals surface area contributed by atoms with Crippen molar-refractivity contribution in [3.63, 3.8) is 0 Å². The molecule has 0 aliphatic rings. The van der Waals surface area contributed by atoms with Crippen LogP contribution in [0, 0.1) is 18.3 Å². The summed E-state index contributed by atoms with van der Waals surface area (Å²) in [4.78, 5) is 24.7. The SMILES string of the molecule is C#CC(CC)(CC)NC(=O)CN(CC)CC(C)C(=O)O. The zero-order chi connectivity index (χ0) is 15.8. The van der Waals surface area contributed by atoms with Gasteiger partial charge >= 0.3 is 5.97 Å². The second-order valence-electron chi connectivity index (χ2n) is 5.05. The lowest BCUT2D eigenvalue weighted by molar-refractivity contribution is -0.142. The van der Waals surface area contributed by atoms with Crippen LogP contribution in [0.1, 0.15) is 40.5 Å². The average Bonchev–Trinajstić information content (AvgIpc) is 2.43. The molecule has 0 aliphatic carbocycles. The molecule has 1 amide bonds. The molecule has 0 bridgehead atoms. The Balaban J connectivity index is 4.57. The predicted molar refractivity (Wildman–Crippen MR) is 79.2 cm³/mol. The fourth-order valence-corrected chi connectivity index (χ4v) is 1.95. The lowest BCUT2D eigenvalue weighted by atomic mass is 9.94. The second kappa shape index (κ2) is 8.60. The number of hydrogen-bond donors (Lipinski definition) is 2. The number of carbonyl (C=O) groups is 2. The van der Waals surface area contributed by atoms with Crippen molar-refractivity contribution in [2.24, 2.45) is 5.92 Å². The maximum Gasteiger partial charge on any atom is 0.307 e. The summed E-state index contributed by atoms with van der Waals surface area (Å²) < 4.78 is 0. The van der Waals surface area contributed by atoms with Gasteiger partial charge in [-0.15, -0.1) is 6.42 Å².